The van der Waals surface area contributed by atoms with Gasteiger partial charge >= 0.3 is 0 Å². The maximum absolute atomic E-state index is 6.04. The second-order valence-electron chi connectivity index (χ2n) is 3.36. The van der Waals surface area contributed by atoms with Crippen molar-refractivity contribution >= 4 is 27.5 Å². The summed E-state index contributed by atoms with van der Waals surface area (Å²) in [6, 6.07) is 5.58. The molecule has 1 heterocycles. The predicted molar refractivity (Wildman–Crippen MR) is 69.2 cm³/mol. The summed E-state index contributed by atoms with van der Waals surface area (Å²) >= 11 is 9.48. The normalized spacial score (nSPS) is 10.8. The van der Waals surface area contributed by atoms with Crippen LogP contribution in [0, 0.1) is 0 Å². The van der Waals surface area contributed by atoms with Crippen LogP contribution in [-0.4, -0.2) is 26.8 Å². The largest absolute Gasteiger partial charge is 0.310 e. The number of tetrazole rings is 1. The Labute approximate surface area is 112 Å². The molecule has 17 heavy (non-hydrogen) atoms. The Morgan fingerprint density at radius 2 is 2.29 bits per heavy atom. The molecule has 0 fully saturated rings. The van der Waals surface area contributed by atoms with Crippen molar-refractivity contribution in [2.45, 2.75) is 13.5 Å². The quantitative estimate of drug-likeness (QED) is 0.939. The fourth-order valence-electron chi connectivity index (χ4n) is 1.40. The predicted octanol–water partition coefficient (Wildman–Crippen LogP) is 2.19. The van der Waals surface area contributed by atoms with Crippen molar-refractivity contribution in [2.24, 2.45) is 0 Å². The molecule has 0 radical (unpaired) electrons. The van der Waals surface area contributed by atoms with Crippen molar-refractivity contribution in [2.75, 3.05) is 6.54 Å². The van der Waals surface area contributed by atoms with Gasteiger partial charge in [0.05, 0.1) is 21.7 Å². The van der Waals surface area contributed by atoms with Gasteiger partial charge in [-0.2, -0.15) is 4.68 Å². The molecule has 1 aromatic carbocycles. The summed E-state index contributed by atoms with van der Waals surface area (Å²) in [5, 5.41) is 15.4. The number of halogens is 2. The van der Waals surface area contributed by atoms with Crippen LogP contribution in [-0.2, 0) is 6.54 Å². The van der Waals surface area contributed by atoms with Crippen molar-refractivity contribution in [1.29, 1.82) is 0 Å². The number of hydrogen-bond acceptors (Lipinski definition) is 4. The summed E-state index contributed by atoms with van der Waals surface area (Å²) in [5.41, 5.74) is 0.829. The summed E-state index contributed by atoms with van der Waals surface area (Å²) in [7, 11) is 0. The van der Waals surface area contributed by atoms with E-state index in [2.05, 4.69) is 36.8 Å². The third-order valence-corrected chi connectivity index (χ3v) is 3.60. The van der Waals surface area contributed by atoms with Crippen LogP contribution < -0.4 is 5.32 Å². The Balaban J connectivity index is 2.39. The minimum Gasteiger partial charge on any atom is -0.310 e. The van der Waals surface area contributed by atoms with Gasteiger partial charge in [-0.05, 0) is 45.0 Å². The van der Waals surface area contributed by atoms with E-state index in [0.717, 1.165) is 22.5 Å². The third kappa shape index (κ3) is 2.65. The molecule has 0 atom stereocenters. The topological polar surface area (TPSA) is 55.6 Å². The third-order valence-electron chi connectivity index (χ3n) is 2.23. The van der Waals surface area contributed by atoms with Gasteiger partial charge in [-0.25, -0.2) is 0 Å². The Hall–Kier alpha value is -0.980. The van der Waals surface area contributed by atoms with Crippen LogP contribution >= 0.6 is 27.5 Å². The molecule has 0 amide bonds. The molecular formula is C10H11BrClN5. The number of nitrogens with zero attached hydrogens (tertiary/aromatic N) is 4. The van der Waals surface area contributed by atoms with Gasteiger partial charge < -0.3 is 5.32 Å². The standard InChI is InChI=1S/C10H11BrClN5/c1-2-13-6-9-14-15-16-17(9)8-5-3-4-7(12)10(8)11/h3-5,13H,2,6H2,1H3. The SMILES string of the molecule is CCNCc1nnnn1-c1cccc(Cl)c1Br. The van der Waals surface area contributed by atoms with Crippen LogP contribution in [0.25, 0.3) is 5.69 Å². The lowest BCUT2D eigenvalue weighted by molar-refractivity contribution is 0.663. The van der Waals surface area contributed by atoms with Crippen molar-refractivity contribution in [1.82, 2.24) is 25.5 Å². The Kier molecular flexibility index (Phi) is 4.09. The van der Waals surface area contributed by atoms with E-state index in [-0.39, 0.29) is 0 Å². The highest BCUT2D eigenvalue weighted by molar-refractivity contribution is 9.10. The van der Waals surface area contributed by atoms with Gasteiger partial charge in [0.1, 0.15) is 0 Å². The van der Waals surface area contributed by atoms with E-state index in [1.807, 2.05) is 25.1 Å². The molecule has 1 aromatic heterocycles. The van der Waals surface area contributed by atoms with Gasteiger partial charge in [0.15, 0.2) is 5.82 Å². The van der Waals surface area contributed by atoms with Crippen molar-refractivity contribution < 1.29 is 0 Å². The highest BCUT2D eigenvalue weighted by Gasteiger charge is 2.12. The molecule has 2 rings (SSSR count). The fraction of sp³-hybridized carbons (Fsp3) is 0.300. The molecule has 0 bridgehead atoms. The van der Waals surface area contributed by atoms with Crippen molar-refractivity contribution in [3.05, 3.63) is 33.5 Å². The monoisotopic (exact) mass is 315 g/mol. The van der Waals surface area contributed by atoms with Crippen LogP contribution in [0.4, 0.5) is 0 Å². The molecule has 0 saturated carbocycles. The summed E-state index contributed by atoms with van der Waals surface area (Å²) in [6.45, 7) is 3.51. The van der Waals surface area contributed by atoms with Gasteiger partial charge in [0, 0.05) is 0 Å². The molecule has 0 unspecified atom stereocenters. The molecule has 5 nitrogen and oxygen atoms in total. The summed E-state index contributed by atoms with van der Waals surface area (Å²) in [5.74, 6) is 0.745. The summed E-state index contributed by atoms with van der Waals surface area (Å²) in [6.07, 6.45) is 0. The van der Waals surface area contributed by atoms with E-state index in [1.54, 1.807) is 4.68 Å². The number of nitrogens with one attached hydrogen (secondary N) is 1. The van der Waals surface area contributed by atoms with Gasteiger partial charge in [-0.3, -0.25) is 0 Å². The van der Waals surface area contributed by atoms with E-state index >= 15 is 0 Å². The van der Waals surface area contributed by atoms with E-state index in [9.17, 15) is 0 Å². The van der Waals surface area contributed by atoms with E-state index in [0.29, 0.717) is 11.6 Å². The second kappa shape index (κ2) is 5.57. The zero-order valence-electron chi connectivity index (χ0n) is 9.19. The van der Waals surface area contributed by atoms with Crippen molar-refractivity contribution in [3.8, 4) is 5.69 Å². The first-order chi connectivity index (χ1) is 8.24. The maximum Gasteiger partial charge on any atom is 0.170 e. The molecular weight excluding hydrogens is 306 g/mol. The summed E-state index contributed by atoms with van der Waals surface area (Å²) < 4.78 is 2.45. The molecule has 2 aromatic rings. The second-order valence-corrected chi connectivity index (χ2v) is 4.56. The van der Waals surface area contributed by atoms with Crippen molar-refractivity contribution in [3.63, 3.8) is 0 Å². The molecule has 1 N–H and O–H groups in total. The molecule has 0 aliphatic heterocycles. The fourth-order valence-corrected chi connectivity index (χ4v) is 2.00. The average Bonchev–Trinajstić information content (AvgIpc) is 2.78. The molecule has 7 heteroatoms. The first-order valence-corrected chi connectivity index (χ1v) is 6.33. The summed E-state index contributed by atoms with van der Waals surface area (Å²) in [4.78, 5) is 0. The smallest absolute Gasteiger partial charge is 0.170 e. The van der Waals surface area contributed by atoms with Crippen LogP contribution in [0.1, 0.15) is 12.7 Å². The van der Waals surface area contributed by atoms with Crippen LogP contribution in [0.3, 0.4) is 0 Å². The molecule has 0 saturated heterocycles. The minimum atomic E-state index is 0.614. The molecule has 0 spiro atoms. The number of rotatable bonds is 4. The number of benzene rings is 1. The van der Waals surface area contributed by atoms with Crippen LogP contribution in [0.5, 0.6) is 0 Å². The number of hydrogen-bond donors (Lipinski definition) is 1. The minimum absolute atomic E-state index is 0.614. The lowest BCUT2D eigenvalue weighted by Crippen LogP contribution is -2.16. The van der Waals surface area contributed by atoms with E-state index in [4.69, 9.17) is 11.6 Å². The Morgan fingerprint density at radius 3 is 3.06 bits per heavy atom. The van der Waals surface area contributed by atoms with Crippen LogP contribution in [0.2, 0.25) is 5.02 Å². The molecule has 90 valence electrons. The Morgan fingerprint density at radius 1 is 1.47 bits per heavy atom. The molecule has 0 aliphatic rings. The van der Waals surface area contributed by atoms with E-state index in [1.165, 1.54) is 0 Å². The number of aromatic nitrogens is 4. The van der Waals surface area contributed by atoms with Gasteiger partial charge in [0.2, 0.25) is 0 Å². The first kappa shape index (κ1) is 12.5. The maximum atomic E-state index is 6.04. The lowest BCUT2D eigenvalue weighted by atomic mass is 10.3. The van der Waals surface area contributed by atoms with Gasteiger partial charge in [-0.1, -0.05) is 24.6 Å². The van der Waals surface area contributed by atoms with Gasteiger partial charge in [-0.15, -0.1) is 5.10 Å². The van der Waals surface area contributed by atoms with Crippen LogP contribution in [0.15, 0.2) is 22.7 Å². The average molecular weight is 317 g/mol. The van der Waals surface area contributed by atoms with Gasteiger partial charge in [0.25, 0.3) is 0 Å². The highest BCUT2D eigenvalue weighted by Crippen LogP contribution is 2.28. The zero-order valence-corrected chi connectivity index (χ0v) is 11.5. The zero-order chi connectivity index (χ0) is 12.3. The van der Waals surface area contributed by atoms with E-state index < -0.39 is 0 Å². The highest BCUT2D eigenvalue weighted by atomic mass is 79.9. The first-order valence-electron chi connectivity index (χ1n) is 5.16. The molecule has 0 aliphatic carbocycles. The Bertz CT molecular complexity index is 513. The lowest BCUT2D eigenvalue weighted by Gasteiger charge is -2.07.